The van der Waals surface area contributed by atoms with Gasteiger partial charge in [0.15, 0.2) is 0 Å². The van der Waals surface area contributed by atoms with Gasteiger partial charge in [-0.1, -0.05) is 32.6 Å². The van der Waals surface area contributed by atoms with Crippen molar-refractivity contribution < 1.29 is 18.1 Å². The minimum absolute atomic E-state index is 0.333. The first kappa shape index (κ1) is 15.9. The lowest BCUT2D eigenvalue weighted by Gasteiger charge is -2.13. The van der Waals surface area contributed by atoms with Crippen LogP contribution < -0.4 is 0 Å². The van der Waals surface area contributed by atoms with E-state index in [9.17, 15) is 8.42 Å². The van der Waals surface area contributed by atoms with Crippen LogP contribution in [0.4, 0.5) is 0 Å². The molecule has 98 valence electrons. The van der Waals surface area contributed by atoms with Crippen LogP contribution in [0.1, 0.15) is 58.8 Å². The predicted molar refractivity (Wildman–Crippen MR) is 65.0 cm³/mol. The number of aliphatic hydroxyl groups excluding tert-OH is 1. The van der Waals surface area contributed by atoms with Gasteiger partial charge in [-0.05, 0) is 26.2 Å². The highest BCUT2D eigenvalue weighted by molar-refractivity contribution is 7.86. The molecule has 0 bridgehead atoms. The molecular weight excluding hydrogens is 228 g/mol. The first-order chi connectivity index (χ1) is 7.38. The molecule has 0 aliphatic carbocycles. The van der Waals surface area contributed by atoms with Crippen LogP contribution in [0.2, 0.25) is 0 Å². The normalized spacial score (nSPS) is 16.0. The van der Waals surface area contributed by atoms with Crippen molar-refractivity contribution in [1.82, 2.24) is 0 Å². The fraction of sp³-hybridized carbons (Fsp3) is 1.00. The molecule has 0 amide bonds. The molecule has 0 aromatic rings. The molecule has 0 rings (SSSR count). The predicted octanol–water partition coefficient (Wildman–Crippen LogP) is 2.37. The smallest absolute Gasteiger partial charge is 0.267 e. The highest BCUT2D eigenvalue weighted by Gasteiger charge is 2.21. The average Bonchev–Trinajstić information content (AvgIpc) is 2.14. The maximum absolute atomic E-state index is 11.1. The van der Waals surface area contributed by atoms with Crippen LogP contribution in [0.25, 0.3) is 0 Å². The largest absolute Gasteiger partial charge is 0.393 e. The summed E-state index contributed by atoms with van der Waals surface area (Å²) in [4.78, 5) is 0. The van der Waals surface area contributed by atoms with Crippen molar-refractivity contribution in [2.75, 3.05) is 0 Å². The van der Waals surface area contributed by atoms with Crippen LogP contribution >= 0.6 is 0 Å². The third-order valence-electron chi connectivity index (χ3n) is 2.70. The van der Waals surface area contributed by atoms with E-state index < -0.39 is 15.4 Å². The summed E-state index contributed by atoms with van der Waals surface area (Å²) in [5.41, 5.74) is 0. The van der Waals surface area contributed by atoms with Gasteiger partial charge in [0.05, 0.1) is 11.4 Å². The second-order valence-corrected chi connectivity index (χ2v) is 6.11. The van der Waals surface area contributed by atoms with Gasteiger partial charge in [0.25, 0.3) is 10.1 Å². The molecule has 0 aromatic heterocycles. The molecule has 0 saturated heterocycles. The number of aliphatic hydroxyl groups is 1. The molecule has 0 aliphatic heterocycles. The van der Waals surface area contributed by atoms with E-state index in [1.165, 1.54) is 0 Å². The second kappa shape index (κ2) is 8.03. The van der Waals surface area contributed by atoms with Gasteiger partial charge in [-0.15, -0.1) is 0 Å². The Morgan fingerprint density at radius 2 is 1.56 bits per heavy atom. The van der Waals surface area contributed by atoms with E-state index in [1.807, 2.05) is 6.92 Å². The fourth-order valence-corrected chi connectivity index (χ4v) is 2.61. The Bertz CT molecular complexity index is 259. The molecule has 0 spiro atoms. The Hall–Kier alpha value is -0.130. The van der Waals surface area contributed by atoms with Gasteiger partial charge in [-0.3, -0.25) is 4.55 Å². The number of hydrogen-bond acceptors (Lipinski definition) is 3. The maximum atomic E-state index is 11.1. The van der Waals surface area contributed by atoms with Crippen LogP contribution in [0.5, 0.6) is 0 Å². The summed E-state index contributed by atoms with van der Waals surface area (Å²) >= 11 is 0. The van der Waals surface area contributed by atoms with Gasteiger partial charge in [0, 0.05) is 0 Å². The quantitative estimate of drug-likeness (QED) is 0.488. The van der Waals surface area contributed by atoms with Crippen LogP contribution in [0, 0.1) is 0 Å². The van der Waals surface area contributed by atoms with Crippen molar-refractivity contribution in [2.24, 2.45) is 0 Å². The van der Waals surface area contributed by atoms with Gasteiger partial charge in [0.1, 0.15) is 0 Å². The Kier molecular flexibility index (Phi) is 7.97. The molecule has 5 heteroatoms. The lowest BCUT2D eigenvalue weighted by atomic mass is 10.1. The Labute approximate surface area is 98.8 Å². The van der Waals surface area contributed by atoms with Crippen molar-refractivity contribution in [3.8, 4) is 0 Å². The van der Waals surface area contributed by atoms with Crippen molar-refractivity contribution in [1.29, 1.82) is 0 Å². The Balaban J connectivity index is 3.94. The number of rotatable bonds is 9. The summed E-state index contributed by atoms with van der Waals surface area (Å²) in [6.07, 6.45) is 4.66. The van der Waals surface area contributed by atoms with E-state index >= 15 is 0 Å². The molecule has 0 aliphatic rings. The van der Waals surface area contributed by atoms with Crippen molar-refractivity contribution in [2.45, 2.75) is 70.1 Å². The molecule has 16 heavy (non-hydrogen) atoms. The number of unbranched alkanes of at least 4 members (excludes halogenated alkanes) is 2. The minimum Gasteiger partial charge on any atom is -0.393 e. The van der Waals surface area contributed by atoms with Crippen LogP contribution in [-0.4, -0.2) is 29.4 Å². The van der Waals surface area contributed by atoms with Gasteiger partial charge >= 0.3 is 0 Å². The van der Waals surface area contributed by atoms with Gasteiger partial charge in [-0.2, -0.15) is 8.42 Å². The molecule has 2 atom stereocenters. The van der Waals surface area contributed by atoms with Gasteiger partial charge in [-0.25, -0.2) is 0 Å². The lowest BCUT2D eigenvalue weighted by molar-refractivity contribution is 0.180. The van der Waals surface area contributed by atoms with Crippen molar-refractivity contribution in [3.05, 3.63) is 0 Å². The molecule has 0 radical (unpaired) electrons. The molecule has 0 heterocycles. The topological polar surface area (TPSA) is 74.6 Å². The van der Waals surface area contributed by atoms with Crippen LogP contribution in [0.15, 0.2) is 0 Å². The van der Waals surface area contributed by atoms with Crippen LogP contribution in [-0.2, 0) is 10.1 Å². The molecule has 2 N–H and O–H groups in total. The van der Waals surface area contributed by atoms with E-state index in [0.717, 1.165) is 25.7 Å². The summed E-state index contributed by atoms with van der Waals surface area (Å²) in [5.74, 6) is 0. The zero-order valence-electron chi connectivity index (χ0n) is 10.2. The second-order valence-electron chi connectivity index (χ2n) is 4.41. The SMILES string of the molecule is CCCCC(CCCCC(C)O)S(=O)(=O)O. The van der Waals surface area contributed by atoms with Crippen molar-refractivity contribution >= 4 is 10.1 Å². The molecule has 0 aromatic carbocycles. The van der Waals surface area contributed by atoms with E-state index in [4.69, 9.17) is 9.66 Å². The third-order valence-corrected chi connectivity index (χ3v) is 4.01. The molecule has 0 fully saturated rings. The van der Waals surface area contributed by atoms with Crippen molar-refractivity contribution in [3.63, 3.8) is 0 Å². The lowest BCUT2D eigenvalue weighted by Crippen LogP contribution is -2.20. The minimum atomic E-state index is -3.90. The summed E-state index contributed by atoms with van der Waals surface area (Å²) in [6, 6.07) is 0. The van der Waals surface area contributed by atoms with E-state index in [0.29, 0.717) is 19.3 Å². The summed E-state index contributed by atoms with van der Waals surface area (Å²) < 4.78 is 31.2. The molecule has 0 saturated carbocycles. The highest BCUT2D eigenvalue weighted by Crippen LogP contribution is 2.17. The monoisotopic (exact) mass is 252 g/mol. The summed E-state index contributed by atoms with van der Waals surface area (Å²) in [7, 11) is -3.90. The molecule has 4 nitrogen and oxygen atoms in total. The highest BCUT2D eigenvalue weighted by atomic mass is 32.2. The van der Waals surface area contributed by atoms with Crippen LogP contribution in [0.3, 0.4) is 0 Å². The maximum Gasteiger partial charge on any atom is 0.267 e. The van der Waals surface area contributed by atoms with Gasteiger partial charge < -0.3 is 5.11 Å². The standard InChI is InChI=1S/C11H24O4S/c1-3-4-8-11(16(13,14)15)9-6-5-7-10(2)12/h10-12H,3-9H2,1-2H3,(H,13,14,15). The zero-order valence-corrected chi connectivity index (χ0v) is 11.0. The summed E-state index contributed by atoms with van der Waals surface area (Å²) in [5, 5.41) is 8.43. The molecular formula is C11H24O4S. The summed E-state index contributed by atoms with van der Waals surface area (Å²) in [6.45, 7) is 3.71. The molecule has 2 unspecified atom stereocenters. The Morgan fingerprint density at radius 1 is 1.06 bits per heavy atom. The Morgan fingerprint density at radius 3 is 2.00 bits per heavy atom. The number of hydrogen-bond donors (Lipinski definition) is 2. The first-order valence-corrected chi connectivity index (χ1v) is 7.52. The van der Waals surface area contributed by atoms with E-state index in [-0.39, 0.29) is 6.10 Å². The average molecular weight is 252 g/mol. The van der Waals surface area contributed by atoms with E-state index in [2.05, 4.69) is 0 Å². The first-order valence-electron chi connectivity index (χ1n) is 6.02. The van der Waals surface area contributed by atoms with Gasteiger partial charge in [0.2, 0.25) is 0 Å². The zero-order chi connectivity index (χ0) is 12.6. The fourth-order valence-electron chi connectivity index (χ4n) is 1.69. The van der Waals surface area contributed by atoms with E-state index in [1.54, 1.807) is 6.92 Å². The third kappa shape index (κ3) is 8.07.